The van der Waals surface area contributed by atoms with Crippen LogP contribution in [-0.2, 0) is 11.2 Å². The van der Waals surface area contributed by atoms with Gasteiger partial charge in [-0.05, 0) is 35.4 Å². The first-order valence-corrected chi connectivity index (χ1v) is 6.87. The molecule has 3 nitrogen and oxygen atoms in total. The lowest BCUT2D eigenvalue weighted by Gasteiger charge is -2.11. The zero-order chi connectivity index (χ0) is 15.1. The molecule has 0 aromatic heterocycles. The number of halogens is 1. The van der Waals surface area contributed by atoms with Gasteiger partial charge in [0.2, 0.25) is 0 Å². The van der Waals surface area contributed by atoms with E-state index in [0.29, 0.717) is 17.2 Å². The minimum atomic E-state index is -0.987. The van der Waals surface area contributed by atoms with Gasteiger partial charge in [-0.2, -0.15) is 0 Å². The Bertz CT molecular complexity index is 636. The van der Waals surface area contributed by atoms with E-state index in [1.165, 1.54) is 6.08 Å². The Morgan fingerprint density at radius 2 is 1.95 bits per heavy atom. The third-order valence-corrected chi connectivity index (χ3v) is 3.09. The van der Waals surface area contributed by atoms with Gasteiger partial charge >= 0.3 is 5.97 Å². The molecular weight excluding hydrogens is 288 g/mol. The number of carboxylic acid groups (broad SMARTS) is 1. The smallest absolute Gasteiger partial charge is 0.328 e. The van der Waals surface area contributed by atoms with E-state index in [0.717, 1.165) is 17.2 Å². The van der Waals surface area contributed by atoms with E-state index < -0.39 is 5.97 Å². The number of carboxylic acids is 1. The van der Waals surface area contributed by atoms with Crippen molar-refractivity contribution in [2.75, 3.05) is 6.61 Å². The Hall–Kier alpha value is -2.26. The summed E-state index contributed by atoms with van der Waals surface area (Å²) in [7, 11) is 0. The molecule has 0 heterocycles. The second-order valence-corrected chi connectivity index (χ2v) is 4.90. The highest BCUT2D eigenvalue weighted by atomic mass is 35.5. The summed E-state index contributed by atoms with van der Waals surface area (Å²) < 4.78 is 5.61. The SMILES string of the molecule is O=C(O)C=CCOc1ccc(Cl)cc1Cc1ccccc1. The van der Waals surface area contributed by atoms with Crippen molar-refractivity contribution < 1.29 is 14.6 Å². The molecule has 0 amide bonds. The van der Waals surface area contributed by atoms with Crippen molar-refractivity contribution in [2.24, 2.45) is 0 Å². The number of benzene rings is 2. The number of hydrogen-bond donors (Lipinski definition) is 1. The highest BCUT2D eigenvalue weighted by molar-refractivity contribution is 6.30. The molecule has 0 fully saturated rings. The predicted octanol–water partition coefficient (Wildman–Crippen LogP) is 3.95. The number of carbonyl (C=O) groups is 1. The van der Waals surface area contributed by atoms with Gasteiger partial charge in [-0.25, -0.2) is 4.79 Å². The maximum atomic E-state index is 10.4. The molecule has 0 aliphatic rings. The molecule has 4 heteroatoms. The first kappa shape index (κ1) is 15.1. The van der Waals surface area contributed by atoms with Crippen LogP contribution in [0.2, 0.25) is 5.02 Å². The van der Waals surface area contributed by atoms with E-state index in [1.807, 2.05) is 36.4 Å². The van der Waals surface area contributed by atoms with Gasteiger partial charge in [0.05, 0.1) is 0 Å². The summed E-state index contributed by atoms with van der Waals surface area (Å²) in [6.45, 7) is 0.204. The van der Waals surface area contributed by atoms with E-state index in [4.69, 9.17) is 21.4 Å². The van der Waals surface area contributed by atoms with Gasteiger partial charge < -0.3 is 9.84 Å². The molecule has 2 aromatic carbocycles. The van der Waals surface area contributed by atoms with Crippen LogP contribution in [-0.4, -0.2) is 17.7 Å². The summed E-state index contributed by atoms with van der Waals surface area (Å²) in [5.41, 5.74) is 2.13. The molecule has 0 radical (unpaired) electrons. The zero-order valence-corrected chi connectivity index (χ0v) is 12.1. The van der Waals surface area contributed by atoms with Crippen LogP contribution in [0, 0.1) is 0 Å². The maximum Gasteiger partial charge on any atom is 0.328 e. The summed E-state index contributed by atoms with van der Waals surface area (Å²) in [6, 6.07) is 15.4. The van der Waals surface area contributed by atoms with Crippen molar-refractivity contribution in [3.8, 4) is 5.75 Å². The summed E-state index contributed by atoms with van der Waals surface area (Å²) in [5.74, 6) is -0.280. The number of hydrogen-bond acceptors (Lipinski definition) is 2. The van der Waals surface area contributed by atoms with Crippen molar-refractivity contribution in [3.63, 3.8) is 0 Å². The van der Waals surface area contributed by atoms with E-state index in [1.54, 1.807) is 12.1 Å². The molecule has 0 unspecified atom stereocenters. The van der Waals surface area contributed by atoms with Crippen LogP contribution >= 0.6 is 11.6 Å². The van der Waals surface area contributed by atoms with Crippen molar-refractivity contribution in [1.29, 1.82) is 0 Å². The fourth-order valence-corrected chi connectivity index (χ4v) is 2.12. The first-order valence-electron chi connectivity index (χ1n) is 6.50. The van der Waals surface area contributed by atoms with Crippen LogP contribution in [0.3, 0.4) is 0 Å². The van der Waals surface area contributed by atoms with Crippen LogP contribution in [0.5, 0.6) is 5.75 Å². The van der Waals surface area contributed by atoms with Crippen molar-refractivity contribution in [3.05, 3.63) is 76.8 Å². The van der Waals surface area contributed by atoms with Gasteiger partial charge in [0.25, 0.3) is 0 Å². The fraction of sp³-hybridized carbons (Fsp3) is 0.118. The van der Waals surface area contributed by atoms with Crippen molar-refractivity contribution in [1.82, 2.24) is 0 Å². The van der Waals surface area contributed by atoms with Crippen LogP contribution < -0.4 is 4.74 Å². The maximum absolute atomic E-state index is 10.4. The molecule has 108 valence electrons. The van der Waals surface area contributed by atoms with Gasteiger partial charge in [0, 0.05) is 17.5 Å². The molecule has 2 rings (SSSR count). The lowest BCUT2D eigenvalue weighted by Crippen LogP contribution is -1.99. The van der Waals surface area contributed by atoms with E-state index in [9.17, 15) is 4.79 Å². The molecule has 0 bridgehead atoms. The number of rotatable bonds is 6. The van der Waals surface area contributed by atoms with Crippen molar-refractivity contribution >= 4 is 17.6 Å². The second kappa shape index (κ2) is 7.50. The highest BCUT2D eigenvalue weighted by Gasteiger charge is 2.05. The minimum absolute atomic E-state index is 0.204. The predicted molar refractivity (Wildman–Crippen MR) is 83.0 cm³/mol. The largest absolute Gasteiger partial charge is 0.489 e. The molecule has 0 atom stereocenters. The van der Waals surface area contributed by atoms with E-state index >= 15 is 0 Å². The normalized spacial score (nSPS) is 10.7. The summed E-state index contributed by atoms with van der Waals surface area (Å²) >= 11 is 6.04. The molecule has 0 aliphatic carbocycles. The molecule has 0 saturated carbocycles. The Balaban J connectivity index is 2.12. The van der Waals surface area contributed by atoms with Gasteiger partial charge in [-0.1, -0.05) is 41.9 Å². The molecule has 0 spiro atoms. The monoisotopic (exact) mass is 302 g/mol. The molecule has 2 aromatic rings. The zero-order valence-electron chi connectivity index (χ0n) is 11.3. The van der Waals surface area contributed by atoms with Crippen LogP contribution in [0.4, 0.5) is 0 Å². The Morgan fingerprint density at radius 3 is 2.67 bits per heavy atom. The summed E-state index contributed by atoms with van der Waals surface area (Å²) in [5, 5.41) is 9.18. The second-order valence-electron chi connectivity index (χ2n) is 4.47. The Kier molecular flexibility index (Phi) is 5.41. The fourth-order valence-electron chi connectivity index (χ4n) is 1.93. The molecule has 21 heavy (non-hydrogen) atoms. The Labute approximate surface area is 128 Å². The standard InChI is InChI=1S/C17H15ClO3/c18-15-8-9-16(21-10-4-7-17(19)20)14(12-15)11-13-5-2-1-3-6-13/h1-9,12H,10-11H2,(H,19,20). The van der Waals surface area contributed by atoms with E-state index in [-0.39, 0.29) is 6.61 Å². The van der Waals surface area contributed by atoms with Crippen LogP contribution in [0.25, 0.3) is 0 Å². The third kappa shape index (κ3) is 4.97. The minimum Gasteiger partial charge on any atom is -0.489 e. The van der Waals surface area contributed by atoms with Gasteiger partial charge in [0.1, 0.15) is 12.4 Å². The lowest BCUT2D eigenvalue weighted by atomic mass is 10.0. The average molecular weight is 303 g/mol. The van der Waals surface area contributed by atoms with Crippen LogP contribution in [0.15, 0.2) is 60.7 Å². The lowest BCUT2D eigenvalue weighted by molar-refractivity contribution is -0.131. The first-order chi connectivity index (χ1) is 10.1. The molecule has 0 saturated heterocycles. The van der Waals surface area contributed by atoms with Gasteiger partial charge in [0.15, 0.2) is 0 Å². The summed E-state index contributed by atoms with van der Waals surface area (Å²) in [6.07, 6.45) is 3.23. The third-order valence-electron chi connectivity index (χ3n) is 2.86. The average Bonchev–Trinajstić information content (AvgIpc) is 2.46. The number of ether oxygens (including phenoxy) is 1. The molecular formula is C17H15ClO3. The van der Waals surface area contributed by atoms with Crippen molar-refractivity contribution in [2.45, 2.75) is 6.42 Å². The van der Waals surface area contributed by atoms with Gasteiger partial charge in [-0.3, -0.25) is 0 Å². The number of aliphatic carboxylic acids is 1. The van der Waals surface area contributed by atoms with E-state index in [2.05, 4.69) is 0 Å². The Morgan fingerprint density at radius 1 is 1.19 bits per heavy atom. The molecule has 1 N–H and O–H groups in total. The highest BCUT2D eigenvalue weighted by Crippen LogP contribution is 2.25. The van der Waals surface area contributed by atoms with Gasteiger partial charge in [-0.15, -0.1) is 0 Å². The summed E-state index contributed by atoms with van der Waals surface area (Å²) in [4.78, 5) is 10.4. The quantitative estimate of drug-likeness (QED) is 0.822. The molecule has 0 aliphatic heterocycles. The topological polar surface area (TPSA) is 46.5 Å². The van der Waals surface area contributed by atoms with Crippen LogP contribution in [0.1, 0.15) is 11.1 Å².